The highest BCUT2D eigenvalue weighted by atomic mass is 16.3. The van der Waals surface area contributed by atoms with Crippen LogP contribution < -0.4 is 4.90 Å². The molecule has 0 radical (unpaired) electrons. The number of para-hydroxylation sites is 2. The van der Waals surface area contributed by atoms with E-state index in [1.54, 1.807) is 0 Å². The van der Waals surface area contributed by atoms with Crippen molar-refractivity contribution in [1.82, 2.24) is 0 Å². The maximum absolute atomic E-state index is 6.48. The number of hydrogen-bond acceptors (Lipinski definition) is 2. The zero-order valence-electron chi connectivity index (χ0n) is 38.7. The number of hydrogen-bond donors (Lipinski definition) is 0. The summed E-state index contributed by atoms with van der Waals surface area (Å²) in [5.74, 6) is 0. The van der Waals surface area contributed by atoms with Crippen molar-refractivity contribution >= 4 is 39.0 Å². The van der Waals surface area contributed by atoms with E-state index in [2.05, 4.69) is 251 Å². The van der Waals surface area contributed by atoms with E-state index < -0.39 is 0 Å². The van der Waals surface area contributed by atoms with Crippen molar-refractivity contribution in [3.05, 3.63) is 247 Å². The number of nitrogens with zero attached hydrogens (tertiary/aromatic N) is 1. The zero-order chi connectivity index (χ0) is 45.7. The molecule has 0 bridgehead atoms. The van der Waals surface area contributed by atoms with E-state index >= 15 is 0 Å². The molecule has 1 aromatic heterocycles. The summed E-state index contributed by atoms with van der Waals surface area (Å²) in [5.41, 5.74) is 25.2. The Morgan fingerprint density at radius 2 is 0.838 bits per heavy atom. The molecule has 11 aromatic rings. The van der Waals surface area contributed by atoms with Gasteiger partial charge in [-0.15, -0.1) is 0 Å². The molecule has 2 aliphatic rings. The molecule has 0 aliphatic heterocycles. The smallest absolute Gasteiger partial charge is 0.143 e. The van der Waals surface area contributed by atoms with Gasteiger partial charge in [0.1, 0.15) is 11.2 Å². The number of benzene rings is 10. The fraction of sp³-hybridized carbons (Fsp3) is 0.0909. The second kappa shape index (κ2) is 15.2. The minimum Gasteiger partial charge on any atom is -0.455 e. The minimum absolute atomic E-state index is 0.128. The Hall–Kier alpha value is -8.20. The number of fused-ring (bicyclic) bond motifs is 9. The molecule has 68 heavy (non-hydrogen) atoms. The molecular formula is C66H49NO. The lowest BCUT2D eigenvalue weighted by Gasteiger charge is -2.28. The van der Waals surface area contributed by atoms with Gasteiger partial charge in [-0.1, -0.05) is 191 Å². The molecule has 2 heteroatoms. The van der Waals surface area contributed by atoms with Crippen LogP contribution in [0.5, 0.6) is 0 Å². The van der Waals surface area contributed by atoms with Gasteiger partial charge in [-0.25, -0.2) is 0 Å². The summed E-state index contributed by atoms with van der Waals surface area (Å²) in [5, 5.41) is 2.27. The largest absolute Gasteiger partial charge is 0.455 e. The Morgan fingerprint density at radius 1 is 0.309 bits per heavy atom. The van der Waals surface area contributed by atoms with Crippen molar-refractivity contribution < 1.29 is 4.42 Å². The molecule has 1 heterocycles. The molecule has 0 N–H and O–H groups in total. The van der Waals surface area contributed by atoms with Crippen LogP contribution in [-0.2, 0) is 10.8 Å². The molecule has 0 atom stereocenters. The Bertz CT molecular complexity index is 3760. The van der Waals surface area contributed by atoms with Gasteiger partial charge in [0.25, 0.3) is 0 Å². The number of furan rings is 1. The molecule has 2 nitrogen and oxygen atoms in total. The van der Waals surface area contributed by atoms with Crippen LogP contribution in [0.2, 0.25) is 0 Å². The molecule has 0 spiro atoms. The molecular weight excluding hydrogens is 823 g/mol. The topological polar surface area (TPSA) is 16.4 Å². The molecule has 10 aromatic carbocycles. The van der Waals surface area contributed by atoms with Gasteiger partial charge in [0, 0.05) is 44.2 Å². The zero-order valence-corrected chi connectivity index (χ0v) is 38.7. The lowest BCUT2D eigenvalue weighted by molar-refractivity contribution is 0.660. The van der Waals surface area contributed by atoms with Crippen molar-refractivity contribution in [2.75, 3.05) is 4.90 Å². The Kier molecular flexibility index (Phi) is 8.95. The molecule has 0 unspecified atom stereocenters. The van der Waals surface area contributed by atoms with Gasteiger partial charge < -0.3 is 9.32 Å². The normalized spacial score (nSPS) is 13.8. The number of anilines is 3. The molecule has 0 amide bonds. The van der Waals surface area contributed by atoms with Gasteiger partial charge in [0.15, 0.2) is 0 Å². The first kappa shape index (κ1) is 40.1. The Balaban J connectivity index is 0.913. The third-order valence-corrected chi connectivity index (χ3v) is 15.1. The fourth-order valence-electron chi connectivity index (χ4n) is 11.6. The molecule has 0 saturated heterocycles. The van der Waals surface area contributed by atoms with Gasteiger partial charge in [-0.05, 0) is 144 Å². The summed E-state index contributed by atoms with van der Waals surface area (Å²) in [6.07, 6.45) is 0. The van der Waals surface area contributed by atoms with Gasteiger partial charge in [0.2, 0.25) is 0 Å². The molecule has 0 fully saturated rings. The highest BCUT2D eigenvalue weighted by molar-refractivity contribution is 6.09. The third-order valence-electron chi connectivity index (χ3n) is 15.1. The van der Waals surface area contributed by atoms with Crippen molar-refractivity contribution in [2.45, 2.75) is 38.5 Å². The summed E-state index contributed by atoms with van der Waals surface area (Å²) in [4.78, 5) is 2.41. The van der Waals surface area contributed by atoms with Crippen molar-refractivity contribution in [3.8, 4) is 66.8 Å². The Labute approximate surface area is 398 Å². The standard InChI is InChI=1S/C66H49NO/c1-65(2)59-24-13-11-20-52(59)53-36-35-50(41-61(53)65)67(49-33-28-45(29-34-49)51-22-15-23-55-54-21-12-14-25-62(54)68-64(51)55)48-31-26-43(27-32-48)46-30-37-60-57(38-46)58-40-47(42-16-7-5-8-17-42)39-56(63(58)66(60,3)4)44-18-9-6-10-19-44/h5-41H,1-4H3. The molecule has 2 aliphatic carbocycles. The monoisotopic (exact) mass is 871 g/mol. The van der Waals surface area contributed by atoms with Crippen molar-refractivity contribution in [3.63, 3.8) is 0 Å². The van der Waals surface area contributed by atoms with Crippen LogP contribution in [0.1, 0.15) is 49.9 Å². The first-order valence-corrected chi connectivity index (χ1v) is 23.8. The lowest BCUT2D eigenvalue weighted by atomic mass is 9.78. The first-order chi connectivity index (χ1) is 33.2. The summed E-state index contributed by atoms with van der Waals surface area (Å²) in [6, 6.07) is 82.5. The van der Waals surface area contributed by atoms with Crippen LogP contribution in [0, 0.1) is 0 Å². The highest BCUT2D eigenvalue weighted by Gasteiger charge is 2.39. The van der Waals surface area contributed by atoms with Gasteiger partial charge in [-0.2, -0.15) is 0 Å². The predicted molar refractivity (Wildman–Crippen MR) is 285 cm³/mol. The third kappa shape index (κ3) is 6.17. The van der Waals surface area contributed by atoms with Gasteiger partial charge in [0.05, 0.1) is 0 Å². The average Bonchev–Trinajstić information content (AvgIpc) is 3.96. The maximum Gasteiger partial charge on any atom is 0.143 e. The van der Waals surface area contributed by atoms with E-state index in [1.807, 2.05) is 6.07 Å². The predicted octanol–water partition coefficient (Wildman–Crippen LogP) is 18.3. The highest BCUT2D eigenvalue weighted by Crippen LogP contribution is 2.55. The van der Waals surface area contributed by atoms with Crippen molar-refractivity contribution in [1.29, 1.82) is 0 Å². The molecule has 0 saturated carbocycles. The molecule has 324 valence electrons. The summed E-state index contributed by atoms with van der Waals surface area (Å²) in [7, 11) is 0. The van der Waals surface area contributed by atoms with Crippen molar-refractivity contribution in [2.24, 2.45) is 0 Å². The van der Waals surface area contributed by atoms with E-state index in [0.29, 0.717) is 0 Å². The van der Waals surface area contributed by atoms with Crippen LogP contribution in [0.15, 0.2) is 229 Å². The average molecular weight is 872 g/mol. The second-order valence-electron chi connectivity index (χ2n) is 19.7. The van der Waals surface area contributed by atoms with Crippen LogP contribution in [-0.4, -0.2) is 0 Å². The fourth-order valence-corrected chi connectivity index (χ4v) is 11.6. The second-order valence-corrected chi connectivity index (χ2v) is 19.7. The lowest BCUT2D eigenvalue weighted by Crippen LogP contribution is -2.16. The van der Waals surface area contributed by atoms with E-state index in [4.69, 9.17) is 4.42 Å². The van der Waals surface area contributed by atoms with Crippen LogP contribution >= 0.6 is 0 Å². The molecule has 13 rings (SSSR count). The minimum atomic E-state index is -0.173. The quantitative estimate of drug-likeness (QED) is 0.159. The van der Waals surface area contributed by atoms with Crippen LogP contribution in [0.4, 0.5) is 17.1 Å². The van der Waals surface area contributed by atoms with Gasteiger partial charge in [-0.3, -0.25) is 0 Å². The van der Waals surface area contributed by atoms with E-state index in [0.717, 1.165) is 50.1 Å². The van der Waals surface area contributed by atoms with Crippen LogP contribution in [0.25, 0.3) is 88.7 Å². The van der Waals surface area contributed by atoms with E-state index in [1.165, 1.54) is 77.9 Å². The maximum atomic E-state index is 6.48. The van der Waals surface area contributed by atoms with E-state index in [9.17, 15) is 0 Å². The summed E-state index contributed by atoms with van der Waals surface area (Å²) in [6.45, 7) is 9.49. The summed E-state index contributed by atoms with van der Waals surface area (Å²) >= 11 is 0. The first-order valence-electron chi connectivity index (χ1n) is 23.8. The number of rotatable bonds is 7. The van der Waals surface area contributed by atoms with Crippen LogP contribution in [0.3, 0.4) is 0 Å². The summed E-state index contributed by atoms with van der Waals surface area (Å²) < 4.78 is 6.48. The Morgan fingerprint density at radius 3 is 1.60 bits per heavy atom. The van der Waals surface area contributed by atoms with E-state index in [-0.39, 0.29) is 10.8 Å². The van der Waals surface area contributed by atoms with Gasteiger partial charge >= 0.3 is 0 Å². The SMILES string of the molecule is CC1(C)c2ccccc2-c2ccc(N(c3ccc(-c4ccc5c(c4)-c4cc(-c6ccccc6)cc(-c6ccccc6)c4C5(C)C)cc3)c3ccc(-c4cccc5c4oc4ccccc45)cc3)cc21.